The van der Waals surface area contributed by atoms with Crippen molar-refractivity contribution in [3.8, 4) is 0 Å². The van der Waals surface area contributed by atoms with Crippen LogP contribution in [0.15, 0.2) is 28.8 Å². The Bertz CT molecular complexity index is 720. The third-order valence-corrected chi connectivity index (χ3v) is 4.22. The second-order valence-corrected chi connectivity index (χ2v) is 5.21. The molecule has 1 heterocycles. The van der Waals surface area contributed by atoms with Gasteiger partial charge in [0.1, 0.15) is 5.92 Å². The van der Waals surface area contributed by atoms with Crippen LogP contribution in [0.4, 0.5) is 0 Å². The fourth-order valence-corrected chi connectivity index (χ4v) is 3.15. The van der Waals surface area contributed by atoms with Gasteiger partial charge in [0, 0.05) is 0 Å². The number of esters is 4. The zero-order chi connectivity index (χ0) is 18.8. The second kappa shape index (κ2) is 6.88. The summed E-state index contributed by atoms with van der Waals surface area (Å²) in [6.07, 6.45) is 4.19. The third-order valence-electron chi connectivity index (χ3n) is 4.22. The normalized spacial score (nSPS) is 26.7. The minimum absolute atomic E-state index is 0.0213. The van der Waals surface area contributed by atoms with E-state index in [1.54, 1.807) is 0 Å². The smallest absolute Gasteiger partial charge is 0.335 e. The molecule has 2 aliphatic rings. The van der Waals surface area contributed by atoms with Crippen LogP contribution >= 0.6 is 0 Å². The van der Waals surface area contributed by atoms with Gasteiger partial charge in [0.25, 0.3) is 0 Å². The summed E-state index contributed by atoms with van der Waals surface area (Å²) in [6.45, 7) is 0. The maximum atomic E-state index is 12.7. The monoisotopic (exact) mass is 351 g/mol. The van der Waals surface area contributed by atoms with E-state index in [-0.39, 0.29) is 11.3 Å². The highest BCUT2D eigenvalue weighted by Crippen LogP contribution is 2.49. The highest BCUT2D eigenvalue weighted by atomic mass is 16.5. The lowest BCUT2D eigenvalue weighted by atomic mass is 9.64. The Balaban J connectivity index is 2.78. The molecule has 0 radical (unpaired) electrons. The molecule has 0 amide bonds. The van der Waals surface area contributed by atoms with Gasteiger partial charge in [-0.2, -0.15) is 0 Å². The number of allylic oxidation sites excluding steroid dienone is 3. The summed E-state index contributed by atoms with van der Waals surface area (Å²) in [4.78, 5) is 53.8. The zero-order valence-corrected chi connectivity index (χ0v) is 14.1. The summed E-state index contributed by atoms with van der Waals surface area (Å²) in [5.74, 6) is -5.03. The lowest BCUT2D eigenvalue weighted by Gasteiger charge is -2.34. The van der Waals surface area contributed by atoms with Gasteiger partial charge in [0.2, 0.25) is 0 Å². The molecule has 0 aromatic carbocycles. The van der Waals surface area contributed by atoms with E-state index in [2.05, 4.69) is 9.73 Å². The number of rotatable bonds is 4. The van der Waals surface area contributed by atoms with Crippen molar-refractivity contribution in [1.29, 1.82) is 0 Å². The molecule has 0 aromatic heterocycles. The number of methoxy groups -OCH3 is 4. The quantitative estimate of drug-likeness (QED) is 0.496. The summed E-state index contributed by atoms with van der Waals surface area (Å²) in [7, 11) is 4.45. The molecule has 0 unspecified atom stereocenters. The maximum Gasteiger partial charge on any atom is 0.335 e. The summed E-state index contributed by atoms with van der Waals surface area (Å²) < 4.78 is 19.0. The first-order valence-corrected chi connectivity index (χ1v) is 7.19. The van der Waals surface area contributed by atoms with Crippen LogP contribution in [-0.4, -0.2) is 64.1 Å². The molecular weight excluding hydrogens is 334 g/mol. The van der Waals surface area contributed by atoms with Crippen molar-refractivity contribution in [3.63, 3.8) is 0 Å². The van der Waals surface area contributed by atoms with Crippen molar-refractivity contribution < 1.29 is 38.1 Å². The number of aliphatic imine (C=N–C) groups is 1. The molecule has 2 rings (SSSR count). The van der Waals surface area contributed by atoms with E-state index in [9.17, 15) is 19.2 Å². The summed E-state index contributed by atoms with van der Waals surface area (Å²) >= 11 is 0. The number of fused-ring (bicyclic) bond motifs is 1. The lowest BCUT2D eigenvalue weighted by molar-refractivity contribution is -0.164. The van der Waals surface area contributed by atoms with E-state index < -0.39 is 41.3 Å². The highest BCUT2D eigenvalue weighted by molar-refractivity contribution is 6.25. The van der Waals surface area contributed by atoms with Crippen LogP contribution in [0.5, 0.6) is 0 Å². The first kappa shape index (κ1) is 18.4. The van der Waals surface area contributed by atoms with E-state index in [0.29, 0.717) is 0 Å². The van der Waals surface area contributed by atoms with E-state index in [0.717, 1.165) is 28.4 Å². The van der Waals surface area contributed by atoms with Gasteiger partial charge in [0.05, 0.1) is 39.7 Å². The van der Waals surface area contributed by atoms with Gasteiger partial charge in [-0.25, -0.2) is 9.59 Å². The van der Waals surface area contributed by atoms with Crippen LogP contribution in [0.25, 0.3) is 0 Å². The van der Waals surface area contributed by atoms with E-state index in [1.807, 2.05) is 0 Å². The standard InChI is InChI=1S/C16H17NO8/c1-22-12(18)8-6-5-7-9-16(8,15(21)25-4)10(13(19)23-2)11(17-9)14(20)24-3/h5-7,10-11H,1-4H3/t10-,11+,16+/m0/s1. The largest absolute Gasteiger partial charge is 0.469 e. The van der Waals surface area contributed by atoms with Gasteiger partial charge in [0.15, 0.2) is 11.5 Å². The van der Waals surface area contributed by atoms with Crippen molar-refractivity contribution in [2.75, 3.05) is 28.4 Å². The van der Waals surface area contributed by atoms with Crippen LogP contribution in [-0.2, 0) is 38.1 Å². The minimum Gasteiger partial charge on any atom is -0.469 e. The van der Waals surface area contributed by atoms with Gasteiger partial charge in [-0.3, -0.25) is 14.6 Å². The fourth-order valence-electron chi connectivity index (χ4n) is 3.15. The van der Waals surface area contributed by atoms with Gasteiger partial charge in [-0.05, 0) is 6.08 Å². The number of nitrogens with zero attached hydrogens (tertiary/aromatic N) is 1. The molecule has 0 aromatic rings. The van der Waals surface area contributed by atoms with Gasteiger partial charge in [-0.15, -0.1) is 0 Å². The average molecular weight is 351 g/mol. The molecule has 0 saturated heterocycles. The minimum atomic E-state index is -1.96. The molecule has 0 bridgehead atoms. The predicted molar refractivity (Wildman–Crippen MR) is 82.4 cm³/mol. The van der Waals surface area contributed by atoms with Crippen molar-refractivity contribution >= 4 is 29.6 Å². The molecule has 0 fully saturated rings. The molecular formula is C16H17NO8. The van der Waals surface area contributed by atoms with Crippen LogP contribution < -0.4 is 0 Å². The van der Waals surface area contributed by atoms with Crippen molar-refractivity contribution in [2.45, 2.75) is 6.04 Å². The SMILES string of the molecule is COC(=O)C1=CC=CC2=N[C@@H](C(=O)OC)[C@@H](C(=O)OC)[C@@]12C(=O)OC. The highest BCUT2D eigenvalue weighted by Gasteiger charge is 2.66. The van der Waals surface area contributed by atoms with E-state index >= 15 is 0 Å². The number of hydrogen-bond donors (Lipinski definition) is 0. The Morgan fingerprint density at radius 1 is 0.960 bits per heavy atom. The molecule has 1 aliphatic carbocycles. The Kier molecular flexibility index (Phi) is 5.05. The molecule has 25 heavy (non-hydrogen) atoms. The molecule has 134 valence electrons. The van der Waals surface area contributed by atoms with E-state index in [1.165, 1.54) is 18.2 Å². The van der Waals surface area contributed by atoms with Crippen LogP contribution in [0.3, 0.4) is 0 Å². The molecule has 0 N–H and O–H groups in total. The Hall–Kier alpha value is -2.97. The Morgan fingerprint density at radius 3 is 2.12 bits per heavy atom. The molecule has 9 nitrogen and oxygen atoms in total. The van der Waals surface area contributed by atoms with Crippen LogP contribution in [0, 0.1) is 11.3 Å². The van der Waals surface area contributed by atoms with Gasteiger partial charge in [-0.1, -0.05) is 12.2 Å². The van der Waals surface area contributed by atoms with Crippen molar-refractivity contribution in [2.24, 2.45) is 16.3 Å². The third kappa shape index (κ3) is 2.51. The maximum absolute atomic E-state index is 12.7. The number of hydrogen-bond acceptors (Lipinski definition) is 9. The molecule has 0 spiro atoms. The van der Waals surface area contributed by atoms with E-state index in [4.69, 9.17) is 14.2 Å². The molecule has 9 heteroatoms. The predicted octanol–water partition coefficient (Wildman–Crippen LogP) is -0.400. The van der Waals surface area contributed by atoms with Gasteiger partial charge >= 0.3 is 23.9 Å². The summed E-state index contributed by atoms with van der Waals surface area (Å²) in [6, 6.07) is -1.37. The first-order valence-electron chi connectivity index (χ1n) is 7.19. The number of ether oxygens (including phenoxy) is 4. The molecule has 0 saturated carbocycles. The lowest BCUT2D eigenvalue weighted by Crippen LogP contribution is -2.53. The zero-order valence-electron chi connectivity index (χ0n) is 14.1. The van der Waals surface area contributed by atoms with Crippen LogP contribution in [0.1, 0.15) is 0 Å². The summed E-state index contributed by atoms with van der Waals surface area (Å²) in [5, 5.41) is 0. The van der Waals surface area contributed by atoms with Crippen molar-refractivity contribution in [3.05, 3.63) is 23.8 Å². The Labute approximate surface area is 143 Å². The van der Waals surface area contributed by atoms with Crippen molar-refractivity contribution in [1.82, 2.24) is 0 Å². The number of carbonyl (C=O) groups is 4. The fraction of sp³-hybridized carbons (Fsp3) is 0.438. The molecule has 3 atom stereocenters. The average Bonchev–Trinajstić information content (AvgIpc) is 3.01. The summed E-state index contributed by atoms with van der Waals surface area (Å²) in [5.41, 5.74) is -2.11. The molecule has 1 aliphatic heterocycles. The first-order chi connectivity index (χ1) is 11.9. The number of carbonyl (C=O) groups excluding carboxylic acids is 4. The van der Waals surface area contributed by atoms with Crippen LogP contribution in [0.2, 0.25) is 0 Å². The second-order valence-electron chi connectivity index (χ2n) is 5.21. The Morgan fingerprint density at radius 2 is 1.60 bits per heavy atom. The van der Waals surface area contributed by atoms with Gasteiger partial charge < -0.3 is 18.9 Å². The topological polar surface area (TPSA) is 118 Å².